The zero-order chi connectivity index (χ0) is 21.1. The summed E-state index contributed by atoms with van der Waals surface area (Å²) < 4.78 is 12.0. The number of aromatic nitrogens is 1. The normalized spacial score (nSPS) is 10.5. The molecule has 1 aromatic heterocycles. The van der Waals surface area contributed by atoms with Crippen molar-refractivity contribution in [3.05, 3.63) is 82.1 Å². The van der Waals surface area contributed by atoms with Crippen LogP contribution >= 0.6 is 11.6 Å². The van der Waals surface area contributed by atoms with Gasteiger partial charge in [-0.25, -0.2) is 9.59 Å². The Morgan fingerprint density at radius 2 is 1.28 bits per heavy atom. The van der Waals surface area contributed by atoms with E-state index in [1.54, 1.807) is 24.3 Å². The number of rotatable bonds is 4. The molecule has 2 aromatic carbocycles. The maximum atomic E-state index is 12.8. The predicted molar refractivity (Wildman–Crippen MR) is 111 cm³/mol. The quantitative estimate of drug-likeness (QED) is 0.470. The lowest BCUT2D eigenvalue weighted by Gasteiger charge is -2.17. The molecule has 6 heteroatoms. The number of ether oxygens (including phenoxy) is 2. The van der Waals surface area contributed by atoms with E-state index >= 15 is 0 Å². The summed E-state index contributed by atoms with van der Waals surface area (Å²) in [6.45, 7) is 3.65. The average molecular weight is 411 g/mol. The van der Waals surface area contributed by atoms with Crippen molar-refractivity contribution in [2.75, 3.05) is 14.2 Å². The molecule has 3 aromatic rings. The third-order valence-electron chi connectivity index (χ3n) is 4.82. The Hall–Kier alpha value is -3.18. The van der Waals surface area contributed by atoms with E-state index < -0.39 is 11.9 Å². The zero-order valence-electron chi connectivity index (χ0n) is 16.7. The first kappa shape index (κ1) is 20.6. The minimum atomic E-state index is -0.540. The Bertz CT molecular complexity index is 1030. The minimum absolute atomic E-state index is 0.296. The maximum absolute atomic E-state index is 12.8. The molecule has 0 saturated heterocycles. The van der Waals surface area contributed by atoms with Crippen molar-refractivity contribution < 1.29 is 23.6 Å². The molecule has 0 spiro atoms. The molecule has 0 N–H and O–H groups in total. The highest BCUT2D eigenvalue weighted by molar-refractivity contribution is 6.30. The lowest BCUT2D eigenvalue weighted by atomic mass is 9.91. The fraction of sp³-hybridized carbons (Fsp3) is 0.174. The first-order valence-electron chi connectivity index (χ1n) is 8.97. The van der Waals surface area contributed by atoms with Crippen molar-refractivity contribution in [2.24, 2.45) is 0 Å². The molecule has 0 atom stereocenters. The third kappa shape index (κ3) is 3.74. The molecule has 0 aliphatic rings. The van der Waals surface area contributed by atoms with Crippen molar-refractivity contribution in [3.63, 3.8) is 0 Å². The number of carbonyl (C=O) groups is 2. The van der Waals surface area contributed by atoms with E-state index in [4.69, 9.17) is 21.1 Å². The number of nitrogens with zero attached hydrogens (tertiary/aromatic N) is 1. The highest BCUT2D eigenvalue weighted by Crippen LogP contribution is 2.33. The van der Waals surface area contributed by atoms with Gasteiger partial charge in [-0.3, -0.25) is 0 Å². The number of para-hydroxylation sites is 1. The van der Waals surface area contributed by atoms with Crippen LogP contribution in [0.5, 0.6) is 0 Å². The summed E-state index contributed by atoms with van der Waals surface area (Å²) in [7, 11) is 2.63. The van der Waals surface area contributed by atoms with Crippen LogP contribution in [0.1, 0.15) is 32.1 Å². The van der Waals surface area contributed by atoms with Crippen LogP contribution in [0.25, 0.3) is 16.8 Å². The van der Waals surface area contributed by atoms with Gasteiger partial charge in [-0.05, 0) is 17.7 Å². The first-order valence-corrected chi connectivity index (χ1v) is 9.35. The van der Waals surface area contributed by atoms with Crippen LogP contribution < -0.4 is 4.57 Å². The summed E-state index contributed by atoms with van der Waals surface area (Å²) in [5, 5.41) is 0.553. The second-order valence-corrected chi connectivity index (χ2v) is 6.89. The Labute approximate surface area is 174 Å². The number of methoxy groups -OCH3 is 2. The second kappa shape index (κ2) is 8.45. The van der Waals surface area contributed by atoms with Crippen LogP contribution in [0.2, 0.25) is 5.02 Å². The van der Waals surface area contributed by atoms with Gasteiger partial charge >= 0.3 is 11.9 Å². The summed E-state index contributed by atoms with van der Waals surface area (Å²) in [5.41, 5.74) is 3.84. The molecule has 0 amide bonds. The topological polar surface area (TPSA) is 56.5 Å². The number of esters is 2. The molecule has 0 unspecified atom stereocenters. The molecule has 0 radical (unpaired) electrons. The largest absolute Gasteiger partial charge is 0.465 e. The van der Waals surface area contributed by atoms with Crippen molar-refractivity contribution in [2.45, 2.75) is 13.8 Å². The lowest BCUT2D eigenvalue weighted by molar-refractivity contribution is -0.609. The molecule has 148 valence electrons. The fourth-order valence-corrected chi connectivity index (χ4v) is 3.66. The predicted octanol–water partition coefficient (Wildman–Crippen LogP) is 4.47. The molecule has 1 heterocycles. The lowest BCUT2D eigenvalue weighted by Crippen LogP contribution is -2.42. The highest BCUT2D eigenvalue weighted by Gasteiger charge is 2.35. The summed E-state index contributed by atoms with van der Waals surface area (Å²) in [5.74, 6) is -1.08. The van der Waals surface area contributed by atoms with E-state index in [-0.39, 0.29) is 0 Å². The molecule has 3 rings (SSSR count). The molecular formula is C23H21ClNO4+. The van der Waals surface area contributed by atoms with Crippen molar-refractivity contribution >= 4 is 23.5 Å². The number of carbonyl (C=O) groups excluding carboxylic acids is 2. The van der Waals surface area contributed by atoms with Crippen molar-refractivity contribution in [3.8, 4) is 16.8 Å². The molecule has 0 bridgehead atoms. The van der Waals surface area contributed by atoms with Gasteiger partial charge in [-0.15, -0.1) is 0 Å². The van der Waals surface area contributed by atoms with Crippen LogP contribution in [0.3, 0.4) is 0 Å². The fourth-order valence-electron chi connectivity index (χ4n) is 3.54. The van der Waals surface area contributed by atoms with Crippen LogP contribution in [-0.2, 0) is 9.47 Å². The molecule has 5 nitrogen and oxygen atoms in total. The van der Waals surface area contributed by atoms with Gasteiger partial charge in [0.1, 0.15) is 11.1 Å². The van der Waals surface area contributed by atoms with E-state index in [9.17, 15) is 9.59 Å². The highest BCUT2D eigenvalue weighted by atomic mass is 35.5. The standard InChI is InChI=1S/C23H21ClNO4/c1-14-19(22(26)28-3)21(16-10-12-17(24)13-11-16)20(23(27)29-4)15(2)25(14)18-8-6-5-7-9-18/h5-13H,1-4H3/q+1. The number of benzene rings is 2. The van der Waals surface area contributed by atoms with Crippen LogP contribution in [-0.4, -0.2) is 26.2 Å². The summed E-state index contributed by atoms with van der Waals surface area (Å²) >= 11 is 6.04. The molecule has 0 aliphatic heterocycles. The zero-order valence-corrected chi connectivity index (χ0v) is 17.4. The molecular weight excluding hydrogens is 390 g/mol. The van der Waals surface area contributed by atoms with E-state index in [0.29, 0.717) is 38.7 Å². The van der Waals surface area contributed by atoms with E-state index in [1.807, 2.05) is 48.7 Å². The Balaban J connectivity index is 2.51. The smallest absolute Gasteiger partial charge is 0.344 e. The van der Waals surface area contributed by atoms with Crippen LogP contribution in [0.15, 0.2) is 54.6 Å². The Morgan fingerprint density at radius 3 is 1.72 bits per heavy atom. The van der Waals surface area contributed by atoms with E-state index in [1.165, 1.54) is 14.2 Å². The van der Waals surface area contributed by atoms with E-state index in [0.717, 1.165) is 5.69 Å². The molecule has 29 heavy (non-hydrogen) atoms. The summed E-state index contributed by atoms with van der Waals surface area (Å²) in [6, 6.07) is 16.5. The number of halogens is 1. The Morgan fingerprint density at radius 1 is 0.793 bits per heavy atom. The number of pyridine rings is 1. The average Bonchev–Trinajstić information content (AvgIpc) is 2.74. The molecule has 0 aliphatic carbocycles. The monoisotopic (exact) mass is 410 g/mol. The van der Waals surface area contributed by atoms with Gasteiger partial charge in [-0.1, -0.05) is 41.9 Å². The summed E-state index contributed by atoms with van der Waals surface area (Å²) in [6.07, 6.45) is 0. The minimum Gasteiger partial charge on any atom is -0.465 e. The third-order valence-corrected chi connectivity index (χ3v) is 5.07. The van der Waals surface area contributed by atoms with Gasteiger partial charge in [0.2, 0.25) is 5.69 Å². The van der Waals surface area contributed by atoms with Crippen LogP contribution in [0.4, 0.5) is 0 Å². The van der Waals surface area contributed by atoms with Gasteiger partial charge in [0.25, 0.3) is 0 Å². The van der Waals surface area contributed by atoms with Crippen LogP contribution in [0, 0.1) is 13.8 Å². The molecule has 0 saturated carbocycles. The maximum Gasteiger partial charge on any atom is 0.344 e. The second-order valence-electron chi connectivity index (χ2n) is 6.46. The van der Waals surface area contributed by atoms with Gasteiger partial charge < -0.3 is 9.47 Å². The Kier molecular flexibility index (Phi) is 5.99. The van der Waals surface area contributed by atoms with Gasteiger partial charge in [0.15, 0.2) is 11.4 Å². The summed E-state index contributed by atoms with van der Waals surface area (Å²) in [4.78, 5) is 25.7. The van der Waals surface area contributed by atoms with Crippen molar-refractivity contribution in [1.29, 1.82) is 0 Å². The van der Waals surface area contributed by atoms with Crippen molar-refractivity contribution in [1.82, 2.24) is 0 Å². The van der Waals surface area contributed by atoms with E-state index in [2.05, 4.69) is 0 Å². The van der Waals surface area contributed by atoms with Gasteiger partial charge in [0.05, 0.1) is 14.2 Å². The number of hydrogen-bond donors (Lipinski definition) is 0. The van der Waals surface area contributed by atoms with Gasteiger partial charge in [-0.2, -0.15) is 4.57 Å². The number of hydrogen-bond acceptors (Lipinski definition) is 4. The first-order chi connectivity index (χ1) is 13.9. The SMILES string of the molecule is COC(=O)c1c(-c2ccc(Cl)cc2)c(C(=O)OC)c(C)[n+](-c2ccccc2)c1C. The molecule has 0 fully saturated rings. The van der Waals surface area contributed by atoms with Gasteiger partial charge in [0, 0.05) is 36.6 Å².